The standard InChI is InChI=1S/8C11H11N2.4CN.4Ir/c8*1-9-8-10(2)13(12-9)11-6-4-3-5-7-11;4*1-2;;;;/h8*3-6,8H,1-2H3;;;;;;;;/q12*-1;;;;. The van der Waals surface area contributed by atoms with Crippen LogP contribution in [0.25, 0.3) is 45.5 Å². The molecule has 0 bridgehead atoms. The predicted octanol–water partition coefficient (Wildman–Crippen LogP) is 18.7. The SMILES string of the molecule is Cc1cc(C)n(-c2[c-]cccc2)n1.Cc1cc(C)n(-c2[c-]cccc2)n1.Cc1cc(C)n(-c2[c-]cccc2)n1.Cc1cc(C)n(-c2[c-]cccc2)n1.Cc1cc(C)n(-c2[c-]cccc2)n1.Cc1cc(C)n(-c2[c-]cccc2)n1.Cc1cc(C)n(-c2[c-]cccc2)n1.Cc1cc(C)n(-c2[c-]cccc2)n1.[C-]#N.[C-]#N.[C-]#N.[C-]#N.[Ir].[Ir].[Ir].[Ir]. The third-order valence-corrected chi connectivity index (χ3v) is 15.4. The Morgan fingerprint density at radius 3 is 0.336 bits per heavy atom. The van der Waals surface area contributed by atoms with Crippen LogP contribution in [-0.4, -0.2) is 78.2 Å². The van der Waals surface area contributed by atoms with Gasteiger partial charge in [-0.3, -0.25) is 37.5 Å². The molecule has 8 heterocycles. The van der Waals surface area contributed by atoms with Gasteiger partial charge in [-0.1, -0.05) is 0 Å². The van der Waals surface area contributed by atoms with Crippen molar-refractivity contribution < 1.29 is 80.4 Å². The number of hydrogen-bond donors (Lipinski definition) is 0. The quantitative estimate of drug-likeness (QED) is 0.129. The van der Waals surface area contributed by atoms with Crippen molar-refractivity contribution in [3.05, 3.63) is 409 Å². The molecule has 604 valence electrons. The first-order valence-corrected chi connectivity index (χ1v) is 35.1. The van der Waals surface area contributed by atoms with E-state index >= 15 is 0 Å². The van der Waals surface area contributed by atoms with Crippen LogP contribution in [0.5, 0.6) is 0 Å². The van der Waals surface area contributed by atoms with Crippen LogP contribution in [0.2, 0.25) is 0 Å². The summed E-state index contributed by atoms with van der Waals surface area (Å²) in [5.74, 6) is 0. The van der Waals surface area contributed by atoms with Crippen LogP contribution in [0, 0.1) is 207 Å². The van der Waals surface area contributed by atoms with E-state index in [0.717, 1.165) is 137 Å². The molecule has 0 aliphatic heterocycles. The Labute approximate surface area is 738 Å². The average molecular weight is 2240 g/mol. The molecule has 0 atom stereocenters. The number of aryl methyl sites for hydroxylation is 16. The summed E-state index contributed by atoms with van der Waals surface area (Å²) in [6.45, 7) is 51.3. The van der Waals surface area contributed by atoms with Crippen LogP contribution in [0.15, 0.2) is 243 Å². The van der Waals surface area contributed by atoms with Gasteiger partial charge < -0.3 is 47.3 Å². The van der Waals surface area contributed by atoms with E-state index in [9.17, 15) is 0 Å². The molecule has 24 heteroatoms. The molecule has 16 rings (SSSR count). The van der Waals surface area contributed by atoms with E-state index in [1.807, 2.05) is 342 Å². The first-order chi connectivity index (χ1) is 54.2. The van der Waals surface area contributed by atoms with Gasteiger partial charge in [0.1, 0.15) is 0 Å². The zero-order valence-corrected chi connectivity index (χ0v) is 77.0. The molecule has 0 unspecified atom stereocenters. The smallest absolute Gasteiger partial charge is 0.0600 e. The number of para-hydroxylation sites is 8. The van der Waals surface area contributed by atoms with Crippen LogP contribution in [0.3, 0.4) is 0 Å². The Balaban J connectivity index is 0.000000651. The summed E-state index contributed by atoms with van der Waals surface area (Å²) >= 11 is 0. The van der Waals surface area contributed by atoms with Gasteiger partial charge >= 0.3 is 0 Å². The molecule has 8 aromatic carbocycles. The largest absolute Gasteiger partial charge is 0.512 e. The maximum absolute atomic E-state index is 6.25. The first-order valence-electron chi connectivity index (χ1n) is 35.1. The molecule has 0 N–H and O–H groups in total. The average Bonchev–Trinajstić information content (AvgIpc) is 1.76. The fourth-order valence-electron chi connectivity index (χ4n) is 11.1. The molecule has 0 saturated heterocycles. The number of rotatable bonds is 8. The van der Waals surface area contributed by atoms with Gasteiger partial charge in [0, 0.05) is 126 Å². The normalized spacial score (nSPS) is 9.31. The van der Waals surface area contributed by atoms with E-state index in [-0.39, 0.29) is 80.4 Å². The van der Waals surface area contributed by atoms with Crippen molar-refractivity contribution >= 4 is 0 Å². The van der Waals surface area contributed by atoms with Crippen molar-refractivity contribution in [3.8, 4) is 45.5 Å². The maximum atomic E-state index is 6.25. The summed E-state index contributed by atoms with van der Waals surface area (Å²) in [5.41, 5.74) is 25.4. The molecule has 116 heavy (non-hydrogen) atoms. The molecule has 4 radical (unpaired) electrons. The number of nitrogens with zero attached hydrogens (tertiary/aromatic N) is 20. The minimum Gasteiger partial charge on any atom is -0.512 e. The van der Waals surface area contributed by atoms with Crippen molar-refractivity contribution in [2.75, 3.05) is 0 Å². The van der Waals surface area contributed by atoms with Crippen molar-refractivity contribution in [2.24, 2.45) is 0 Å². The summed E-state index contributed by atoms with van der Waals surface area (Å²) in [6.07, 6.45) is 0. The third-order valence-electron chi connectivity index (χ3n) is 15.4. The molecule has 0 aliphatic rings. The summed E-state index contributed by atoms with van der Waals surface area (Å²) in [7, 11) is 0. The van der Waals surface area contributed by atoms with Crippen LogP contribution in [-0.2, 0) is 80.4 Å². The summed E-state index contributed by atoms with van der Waals surface area (Å²) in [6, 6.07) is 104. The van der Waals surface area contributed by atoms with Gasteiger partial charge in [0.2, 0.25) is 0 Å². The molecule has 8 aromatic heterocycles. The molecule has 0 amide bonds. The summed E-state index contributed by atoms with van der Waals surface area (Å²) < 4.78 is 15.2. The molecule has 16 aromatic rings. The Bertz CT molecular complexity index is 4420. The van der Waals surface area contributed by atoms with Crippen LogP contribution < -0.4 is 0 Å². The van der Waals surface area contributed by atoms with Gasteiger partial charge in [-0.15, -0.1) is 48.5 Å². The van der Waals surface area contributed by atoms with E-state index in [0.29, 0.717) is 0 Å². The van der Waals surface area contributed by atoms with E-state index < -0.39 is 0 Å². The minimum atomic E-state index is 0. The topological polar surface area (TPSA) is 238 Å². The van der Waals surface area contributed by atoms with Crippen molar-refractivity contribution in [2.45, 2.75) is 111 Å². The van der Waals surface area contributed by atoms with Gasteiger partial charge in [0.15, 0.2) is 0 Å². The Hall–Kier alpha value is -12.0. The summed E-state index contributed by atoms with van der Waals surface area (Å²) in [4.78, 5) is 0. The second-order valence-electron chi connectivity index (χ2n) is 24.7. The molecule has 0 saturated carbocycles. The Morgan fingerprint density at radius 2 is 0.276 bits per heavy atom. The van der Waals surface area contributed by atoms with Gasteiger partial charge in [-0.2, -0.15) is 235 Å². The second-order valence-corrected chi connectivity index (χ2v) is 24.7. The number of benzene rings is 8. The van der Waals surface area contributed by atoms with Crippen LogP contribution in [0.1, 0.15) is 91.1 Å². The number of hydrogen-bond acceptors (Lipinski definition) is 12. The molecule has 0 fully saturated rings. The minimum absolute atomic E-state index is 0. The molecular formula is C92H88Ir4N20-12. The molecule has 0 spiro atoms. The summed E-state index contributed by atoms with van der Waals surface area (Å²) in [5, 5.41) is 59.9. The van der Waals surface area contributed by atoms with Gasteiger partial charge in [-0.05, 0) is 205 Å². The third kappa shape index (κ3) is 32.1. The van der Waals surface area contributed by atoms with E-state index in [1.54, 1.807) is 0 Å². The monoisotopic (exact) mass is 2240 g/mol. The molecule has 20 nitrogen and oxygen atoms in total. The van der Waals surface area contributed by atoms with E-state index in [2.05, 4.69) is 138 Å². The van der Waals surface area contributed by atoms with E-state index in [1.165, 1.54) is 0 Å². The first kappa shape index (κ1) is 102. The second kappa shape index (κ2) is 54.7. The fraction of sp³-hybridized carbons (Fsp3) is 0.174. The molecular weight excluding hydrogens is 2150 g/mol. The van der Waals surface area contributed by atoms with Crippen molar-refractivity contribution in [3.63, 3.8) is 0 Å². The Kier molecular flexibility index (Phi) is 48.1. The Morgan fingerprint density at radius 1 is 0.181 bits per heavy atom. The van der Waals surface area contributed by atoms with Crippen LogP contribution in [0.4, 0.5) is 0 Å². The van der Waals surface area contributed by atoms with Gasteiger partial charge in [0.05, 0.1) is 45.6 Å². The van der Waals surface area contributed by atoms with Gasteiger partial charge in [-0.25, -0.2) is 0 Å². The zero-order chi connectivity index (χ0) is 82.1. The van der Waals surface area contributed by atoms with Crippen molar-refractivity contribution in [1.82, 2.24) is 78.2 Å². The molecule has 0 aliphatic carbocycles. The van der Waals surface area contributed by atoms with Crippen LogP contribution >= 0.6 is 0 Å². The van der Waals surface area contributed by atoms with Crippen molar-refractivity contribution in [1.29, 1.82) is 21.0 Å². The maximum Gasteiger partial charge on any atom is 0.0600 e. The number of aromatic nitrogens is 16. The van der Waals surface area contributed by atoms with Gasteiger partial charge in [0.25, 0.3) is 0 Å². The van der Waals surface area contributed by atoms with E-state index in [4.69, 9.17) is 47.3 Å². The fourth-order valence-corrected chi connectivity index (χ4v) is 11.1. The predicted molar refractivity (Wildman–Crippen MR) is 435 cm³/mol. The zero-order valence-electron chi connectivity index (χ0n) is 67.4.